The third kappa shape index (κ3) is 4.26. The number of amides is 4. The van der Waals surface area contributed by atoms with Gasteiger partial charge in [-0.2, -0.15) is 0 Å². The summed E-state index contributed by atoms with van der Waals surface area (Å²) in [6.45, 7) is 1.27. The molecule has 0 atom stereocenters. The van der Waals surface area contributed by atoms with Crippen LogP contribution in [0.4, 0.5) is 15.2 Å². The Labute approximate surface area is 186 Å². The second-order valence-corrected chi connectivity index (χ2v) is 7.88. The maximum Gasteiger partial charge on any atom is 0.261 e. The van der Waals surface area contributed by atoms with Crippen molar-refractivity contribution in [3.63, 3.8) is 0 Å². The van der Waals surface area contributed by atoms with Crippen molar-refractivity contribution in [2.75, 3.05) is 17.2 Å². The van der Waals surface area contributed by atoms with Crippen molar-refractivity contribution in [2.24, 2.45) is 0 Å². The average molecular weight is 452 g/mol. The molecule has 0 aliphatic carbocycles. The molecule has 0 saturated carbocycles. The van der Waals surface area contributed by atoms with Crippen LogP contribution in [-0.2, 0) is 9.59 Å². The van der Waals surface area contributed by atoms with Gasteiger partial charge in [-0.05, 0) is 30.3 Å². The highest BCUT2D eigenvalue weighted by Gasteiger charge is 2.35. The van der Waals surface area contributed by atoms with E-state index in [9.17, 15) is 23.6 Å². The van der Waals surface area contributed by atoms with Crippen LogP contribution < -0.4 is 10.6 Å². The number of hydrogen-bond acceptors (Lipinski definition) is 6. The van der Waals surface area contributed by atoms with E-state index in [0.717, 1.165) is 16.2 Å². The lowest BCUT2D eigenvalue weighted by atomic mass is 10.1. The smallest absolute Gasteiger partial charge is 0.261 e. The molecule has 0 spiro atoms. The summed E-state index contributed by atoms with van der Waals surface area (Å²) in [4.78, 5) is 53.4. The first-order valence-corrected chi connectivity index (χ1v) is 10.5. The second-order valence-electron chi connectivity index (χ2n) is 7.02. The van der Waals surface area contributed by atoms with Crippen LogP contribution in [0.2, 0.25) is 0 Å². The number of nitrogens with one attached hydrogen (secondary N) is 2. The number of halogens is 1. The van der Waals surface area contributed by atoms with E-state index in [2.05, 4.69) is 15.6 Å². The molecule has 1 aliphatic rings. The number of nitrogens with zero attached hydrogens (tertiary/aromatic N) is 2. The number of carbonyl (C=O) groups is 4. The molecule has 10 heteroatoms. The van der Waals surface area contributed by atoms with Gasteiger partial charge in [0.15, 0.2) is 5.13 Å². The van der Waals surface area contributed by atoms with Gasteiger partial charge >= 0.3 is 0 Å². The zero-order valence-electron chi connectivity index (χ0n) is 16.8. The number of aromatic nitrogens is 1. The number of carbonyl (C=O) groups excluding carboxylic acids is 4. The third-order valence-electron chi connectivity index (χ3n) is 4.76. The Morgan fingerprint density at radius 2 is 1.72 bits per heavy atom. The number of fused-ring (bicyclic) bond motifs is 1. The quantitative estimate of drug-likeness (QED) is 0.556. The minimum atomic E-state index is -0.565. The van der Waals surface area contributed by atoms with Crippen LogP contribution in [0.15, 0.2) is 47.8 Å². The molecule has 4 amide bonds. The predicted octanol–water partition coefficient (Wildman–Crippen LogP) is 3.53. The number of benzene rings is 2. The summed E-state index contributed by atoms with van der Waals surface area (Å²) in [5.74, 6) is -2.15. The van der Waals surface area contributed by atoms with Crippen molar-refractivity contribution in [2.45, 2.75) is 13.3 Å². The first kappa shape index (κ1) is 21.3. The van der Waals surface area contributed by atoms with Crippen LogP contribution in [-0.4, -0.2) is 40.1 Å². The molecule has 3 aromatic rings. The summed E-state index contributed by atoms with van der Waals surface area (Å²) in [7, 11) is 0. The van der Waals surface area contributed by atoms with E-state index in [-0.39, 0.29) is 29.6 Å². The minimum absolute atomic E-state index is 0.0599. The van der Waals surface area contributed by atoms with Gasteiger partial charge < -0.3 is 10.6 Å². The molecule has 0 bridgehead atoms. The van der Waals surface area contributed by atoms with Crippen LogP contribution in [0.25, 0.3) is 11.3 Å². The fraction of sp³-hybridized carbons (Fsp3) is 0.136. The maximum atomic E-state index is 14.4. The summed E-state index contributed by atoms with van der Waals surface area (Å²) in [5, 5.41) is 6.96. The van der Waals surface area contributed by atoms with Crippen molar-refractivity contribution in [1.82, 2.24) is 9.88 Å². The Kier molecular flexibility index (Phi) is 5.78. The van der Waals surface area contributed by atoms with Gasteiger partial charge in [0, 0.05) is 36.5 Å². The van der Waals surface area contributed by atoms with Gasteiger partial charge in [-0.15, -0.1) is 11.3 Å². The molecule has 4 rings (SSSR count). The Morgan fingerprint density at radius 1 is 1.03 bits per heavy atom. The molecule has 1 aliphatic heterocycles. The zero-order valence-corrected chi connectivity index (χ0v) is 17.7. The normalized spacial score (nSPS) is 12.6. The monoisotopic (exact) mass is 452 g/mol. The topological polar surface area (TPSA) is 108 Å². The number of hydrogen-bond donors (Lipinski definition) is 2. The summed E-state index contributed by atoms with van der Waals surface area (Å²) in [6.07, 6.45) is -0.0971. The van der Waals surface area contributed by atoms with E-state index >= 15 is 0 Å². The van der Waals surface area contributed by atoms with Gasteiger partial charge in [0.2, 0.25) is 11.8 Å². The van der Waals surface area contributed by atoms with Gasteiger partial charge in [0.1, 0.15) is 5.82 Å². The molecule has 0 fully saturated rings. The van der Waals surface area contributed by atoms with Crippen LogP contribution >= 0.6 is 11.3 Å². The number of thiazole rings is 1. The largest absolute Gasteiger partial charge is 0.326 e. The minimum Gasteiger partial charge on any atom is -0.326 e. The van der Waals surface area contributed by atoms with Crippen molar-refractivity contribution in [1.29, 1.82) is 0 Å². The molecule has 2 N–H and O–H groups in total. The number of rotatable bonds is 6. The predicted molar refractivity (Wildman–Crippen MR) is 117 cm³/mol. The molecule has 162 valence electrons. The van der Waals surface area contributed by atoms with E-state index < -0.39 is 23.5 Å². The lowest BCUT2D eigenvalue weighted by molar-refractivity contribution is -0.116. The van der Waals surface area contributed by atoms with E-state index in [4.69, 9.17) is 0 Å². The molecule has 0 unspecified atom stereocenters. The van der Waals surface area contributed by atoms with E-state index in [1.807, 2.05) is 0 Å². The fourth-order valence-electron chi connectivity index (χ4n) is 3.30. The molecule has 2 aromatic carbocycles. The van der Waals surface area contributed by atoms with Crippen molar-refractivity contribution >= 4 is 45.8 Å². The number of anilines is 2. The average Bonchev–Trinajstić information content (AvgIpc) is 3.29. The zero-order chi connectivity index (χ0) is 22.8. The summed E-state index contributed by atoms with van der Waals surface area (Å²) < 4.78 is 14.4. The molecule has 32 heavy (non-hydrogen) atoms. The Bertz CT molecular complexity index is 1220. The highest BCUT2D eigenvalue weighted by atomic mass is 32.1. The third-order valence-corrected chi connectivity index (χ3v) is 5.51. The van der Waals surface area contributed by atoms with Crippen LogP contribution in [0, 0.1) is 5.82 Å². The van der Waals surface area contributed by atoms with Crippen LogP contribution in [0.3, 0.4) is 0 Å². The second kappa shape index (κ2) is 8.67. The van der Waals surface area contributed by atoms with E-state index in [0.29, 0.717) is 22.5 Å². The SMILES string of the molecule is CC(=O)Nc1ccc(-c2csc(NC(=O)CCN3C(=O)c4ccccc4C3=O)n2)c(F)c1. The summed E-state index contributed by atoms with van der Waals surface area (Å²) in [5.41, 5.74) is 1.54. The van der Waals surface area contributed by atoms with Crippen molar-refractivity contribution in [3.05, 3.63) is 64.8 Å². The van der Waals surface area contributed by atoms with Gasteiger partial charge in [-0.25, -0.2) is 9.37 Å². The van der Waals surface area contributed by atoms with Gasteiger partial charge in [0.25, 0.3) is 11.8 Å². The first-order chi connectivity index (χ1) is 15.3. The van der Waals surface area contributed by atoms with Crippen LogP contribution in [0.5, 0.6) is 0 Å². The van der Waals surface area contributed by atoms with E-state index in [1.54, 1.807) is 35.7 Å². The Hall–Kier alpha value is -3.92. The maximum absolute atomic E-state index is 14.4. The molecular formula is C22H17FN4O4S. The van der Waals surface area contributed by atoms with Gasteiger partial charge in [0.05, 0.1) is 16.8 Å². The van der Waals surface area contributed by atoms with Gasteiger partial charge in [-0.1, -0.05) is 12.1 Å². The van der Waals surface area contributed by atoms with Crippen molar-refractivity contribution in [3.8, 4) is 11.3 Å². The van der Waals surface area contributed by atoms with Crippen LogP contribution in [0.1, 0.15) is 34.1 Å². The molecular weight excluding hydrogens is 435 g/mol. The standard InChI is InChI=1S/C22H17FN4O4S/c1-12(28)24-13-6-7-16(17(23)10-13)18-11-32-22(25-18)26-19(29)8-9-27-20(30)14-4-2-3-5-15(14)21(27)31/h2-7,10-11H,8-9H2,1H3,(H,24,28)(H,25,26,29). The molecule has 2 heterocycles. The molecule has 8 nitrogen and oxygen atoms in total. The lowest BCUT2D eigenvalue weighted by Crippen LogP contribution is -2.32. The van der Waals surface area contributed by atoms with Gasteiger partial charge in [-0.3, -0.25) is 24.1 Å². The molecule has 1 aromatic heterocycles. The van der Waals surface area contributed by atoms with Crippen molar-refractivity contribution < 1.29 is 23.6 Å². The first-order valence-electron chi connectivity index (χ1n) is 9.61. The fourth-order valence-corrected chi connectivity index (χ4v) is 4.02. The molecule has 0 saturated heterocycles. The highest BCUT2D eigenvalue weighted by molar-refractivity contribution is 7.14. The lowest BCUT2D eigenvalue weighted by Gasteiger charge is -2.12. The Morgan fingerprint density at radius 3 is 2.34 bits per heavy atom. The Balaban J connectivity index is 1.37. The molecule has 0 radical (unpaired) electrons. The summed E-state index contributed by atoms with van der Waals surface area (Å²) >= 11 is 1.12. The summed E-state index contributed by atoms with van der Waals surface area (Å²) in [6, 6.07) is 10.7. The highest BCUT2D eigenvalue weighted by Crippen LogP contribution is 2.29. The van der Waals surface area contributed by atoms with E-state index in [1.165, 1.54) is 19.1 Å². The number of imide groups is 1.